The van der Waals surface area contributed by atoms with Gasteiger partial charge in [-0.3, -0.25) is 4.79 Å². The van der Waals surface area contributed by atoms with Crippen LogP contribution in [0.15, 0.2) is 66.9 Å². The molecule has 0 aromatic heterocycles. The van der Waals surface area contributed by atoms with E-state index in [1.165, 1.54) is 0 Å². The van der Waals surface area contributed by atoms with Crippen molar-refractivity contribution in [3.63, 3.8) is 0 Å². The maximum Gasteiger partial charge on any atom is 0.250 e. The fraction of sp³-hybridized carbons (Fsp3) is 0.296. The summed E-state index contributed by atoms with van der Waals surface area (Å²) < 4.78 is 0. The molecule has 0 radical (unpaired) electrons. The van der Waals surface area contributed by atoms with Crippen LogP contribution in [0.1, 0.15) is 43.4 Å². The van der Waals surface area contributed by atoms with Crippen molar-refractivity contribution in [3.05, 3.63) is 83.6 Å². The molecule has 0 aliphatic rings. The Morgan fingerprint density at radius 1 is 1.19 bits per heavy atom. The van der Waals surface area contributed by atoms with Crippen molar-refractivity contribution in [2.24, 2.45) is 5.73 Å². The Morgan fingerprint density at radius 2 is 1.84 bits per heavy atom. The van der Waals surface area contributed by atoms with Gasteiger partial charge in [-0.15, -0.1) is 0 Å². The molecule has 0 heterocycles. The maximum absolute atomic E-state index is 13.2. The maximum atomic E-state index is 13.2. The molecular weight excluding hydrogens is 384 g/mol. The number of hydrogen-bond donors (Lipinski definition) is 2. The number of rotatable bonds is 10. The summed E-state index contributed by atoms with van der Waals surface area (Å²) in [7, 11) is 0. The lowest BCUT2D eigenvalue weighted by atomic mass is 9.97. The summed E-state index contributed by atoms with van der Waals surface area (Å²) in [4.78, 5) is 14.9. The SMILES string of the molecule is C=Cc1ccc(-c2ccc(/C=C(\CC(=C)N)C(=O)N(CCC)CC(C)O)c(C)c2)cc1. The molecule has 0 spiro atoms. The number of benzene rings is 2. The first-order valence-corrected chi connectivity index (χ1v) is 10.7. The van der Waals surface area contributed by atoms with Crippen LogP contribution in [0.25, 0.3) is 23.3 Å². The van der Waals surface area contributed by atoms with Crippen molar-refractivity contribution >= 4 is 18.1 Å². The molecule has 164 valence electrons. The van der Waals surface area contributed by atoms with E-state index >= 15 is 0 Å². The molecule has 2 aromatic rings. The zero-order chi connectivity index (χ0) is 23.0. The molecule has 1 amide bonds. The lowest BCUT2D eigenvalue weighted by molar-refractivity contribution is -0.128. The van der Waals surface area contributed by atoms with Gasteiger partial charge in [-0.25, -0.2) is 0 Å². The minimum Gasteiger partial charge on any atom is -0.402 e. The molecule has 3 N–H and O–H groups in total. The van der Waals surface area contributed by atoms with Crippen LogP contribution >= 0.6 is 0 Å². The van der Waals surface area contributed by atoms with Crippen molar-refractivity contribution in [3.8, 4) is 11.1 Å². The first kappa shape index (κ1) is 24.2. The quantitative estimate of drug-likeness (QED) is 0.523. The van der Waals surface area contributed by atoms with Crippen molar-refractivity contribution < 1.29 is 9.90 Å². The van der Waals surface area contributed by atoms with Crippen LogP contribution < -0.4 is 5.73 Å². The Morgan fingerprint density at radius 3 is 2.35 bits per heavy atom. The Bertz CT molecular complexity index is 956. The number of aryl methyl sites for hydroxylation is 1. The van der Waals surface area contributed by atoms with Crippen molar-refractivity contribution in [1.82, 2.24) is 4.90 Å². The van der Waals surface area contributed by atoms with Crippen molar-refractivity contribution in [2.75, 3.05) is 13.1 Å². The minimum atomic E-state index is -0.591. The molecule has 0 bridgehead atoms. The summed E-state index contributed by atoms with van der Waals surface area (Å²) in [5, 5.41) is 9.81. The van der Waals surface area contributed by atoms with Gasteiger partial charge in [0.15, 0.2) is 0 Å². The molecule has 0 aliphatic heterocycles. The number of allylic oxidation sites excluding steroid dienone is 1. The van der Waals surface area contributed by atoms with E-state index in [1.54, 1.807) is 11.8 Å². The van der Waals surface area contributed by atoms with Crippen LogP contribution in [-0.2, 0) is 4.79 Å². The largest absolute Gasteiger partial charge is 0.402 e. The molecular formula is C27H34N2O2. The number of nitrogens with two attached hydrogens (primary N) is 1. The van der Waals surface area contributed by atoms with Gasteiger partial charge in [0.2, 0.25) is 5.91 Å². The number of carbonyl (C=O) groups is 1. The summed E-state index contributed by atoms with van der Waals surface area (Å²) in [6.45, 7) is 14.2. The molecule has 31 heavy (non-hydrogen) atoms. The normalized spacial score (nSPS) is 12.3. The van der Waals surface area contributed by atoms with Crippen LogP contribution in [-0.4, -0.2) is 35.1 Å². The molecule has 1 unspecified atom stereocenters. The van der Waals surface area contributed by atoms with Crippen LogP contribution in [0.4, 0.5) is 0 Å². The lowest BCUT2D eigenvalue weighted by Crippen LogP contribution is -2.38. The highest BCUT2D eigenvalue weighted by molar-refractivity contribution is 5.98. The number of amides is 1. The number of aliphatic hydroxyl groups is 1. The summed E-state index contributed by atoms with van der Waals surface area (Å²) in [5.74, 6) is -0.113. The molecule has 1 atom stereocenters. The second kappa shape index (κ2) is 11.3. The van der Waals surface area contributed by atoms with Gasteiger partial charge in [0.05, 0.1) is 6.10 Å². The van der Waals surface area contributed by atoms with Gasteiger partial charge in [-0.1, -0.05) is 68.6 Å². The summed E-state index contributed by atoms with van der Waals surface area (Å²) in [5.41, 5.74) is 12.2. The van der Waals surface area contributed by atoms with Gasteiger partial charge in [-0.05, 0) is 54.2 Å². The van der Waals surface area contributed by atoms with E-state index in [0.29, 0.717) is 30.8 Å². The molecule has 2 rings (SSSR count). The van der Waals surface area contributed by atoms with Gasteiger partial charge in [0.25, 0.3) is 0 Å². The third-order valence-corrected chi connectivity index (χ3v) is 5.04. The number of aliphatic hydroxyl groups excluding tert-OH is 1. The second-order valence-corrected chi connectivity index (χ2v) is 8.00. The summed E-state index contributed by atoms with van der Waals surface area (Å²) in [6.07, 6.45) is 4.24. The first-order valence-electron chi connectivity index (χ1n) is 10.7. The molecule has 0 aliphatic carbocycles. The minimum absolute atomic E-state index is 0.113. The average Bonchev–Trinajstić information content (AvgIpc) is 2.73. The molecule has 0 saturated heterocycles. The number of carbonyl (C=O) groups excluding carboxylic acids is 1. The van der Waals surface area contributed by atoms with E-state index in [4.69, 9.17) is 5.73 Å². The summed E-state index contributed by atoms with van der Waals surface area (Å²) >= 11 is 0. The number of hydrogen-bond acceptors (Lipinski definition) is 3. The standard InChI is InChI=1S/C27H34N2O2/c1-6-14-29(18-21(5)30)27(31)26(16-20(4)28)17-24-12-13-25(15-19(24)3)23-10-8-22(7-2)9-11-23/h7-13,15,17,21,30H,2,4,6,14,16,18,28H2,1,3,5H3/b26-17+. The molecule has 0 fully saturated rings. The Balaban J connectivity index is 2.38. The Hall–Kier alpha value is -3.11. The lowest BCUT2D eigenvalue weighted by Gasteiger charge is -2.25. The third-order valence-electron chi connectivity index (χ3n) is 5.04. The van der Waals surface area contributed by atoms with Crippen molar-refractivity contribution in [1.29, 1.82) is 0 Å². The van der Waals surface area contributed by atoms with Crippen LogP contribution in [0.5, 0.6) is 0 Å². The molecule has 4 heteroatoms. The highest BCUT2D eigenvalue weighted by Gasteiger charge is 2.20. The topological polar surface area (TPSA) is 66.6 Å². The molecule has 0 saturated carbocycles. The zero-order valence-electron chi connectivity index (χ0n) is 18.9. The van der Waals surface area contributed by atoms with E-state index in [2.05, 4.69) is 37.4 Å². The van der Waals surface area contributed by atoms with E-state index in [9.17, 15) is 9.90 Å². The van der Waals surface area contributed by atoms with Gasteiger partial charge in [0.1, 0.15) is 0 Å². The monoisotopic (exact) mass is 418 g/mol. The average molecular weight is 419 g/mol. The van der Waals surface area contributed by atoms with E-state index in [1.807, 2.05) is 44.2 Å². The number of nitrogens with zero attached hydrogens (tertiary/aromatic N) is 1. The van der Waals surface area contributed by atoms with Crippen LogP contribution in [0, 0.1) is 6.92 Å². The van der Waals surface area contributed by atoms with Gasteiger partial charge < -0.3 is 15.7 Å². The third kappa shape index (κ3) is 6.97. The van der Waals surface area contributed by atoms with Gasteiger partial charge >= 0.3 is 0 Å². The molecule has 4 nitrogen and oxygen atoms in total. The predicted molar refractivity (Wildman–Crippen MR) is 131 cm³/mol. The molecule has 2 aromatic carbocycles. The van der Waals surface area contributed by atoms with E-state index in [0.717, 1.165) is 34.2 Å². The Kier molecular flexibility index (Phi) is 8.83. The second-order valence-electron chi connectivity index (χ2n) is 8.00. The van der Waals surface area contributed by atoms with Crippen LogP contribution in [0.2, 0.25) is 0 Å². The van der Waals surface area contributed by atoms with E-state index in [-0.39, 0.29) is 5.91 Å². The zero-order valence-corrected chi connectivity index (χ0v) is 18.9. The fourth-order valence-corrected chi connectivity index (χ4v) is 3.52. The van der Waals surface area contributed by atoms with Gasteiger partial charge in [-0.2, -0.15) is 0 Å². The highest BCUT2D eigenvalue weighted by Crippen LogP contribution is 2.25. The van der Waals surface area contributed by atoms with Gasteiger partial charge in [0, 0.05) is 30.8 Å². The fourth-order valence-electron chi connectivity index (χ4n) is 3.52. The highest BCUT2D eigenvalue weighted by atomic mass is 16.3. The first-order chi connectivity index (χ1) is 14.7. The Labute approximate surface area is 186 Å². The van der Waals surface area contributed by atoms with Crippen molar-refractivity contribution in [2.45, 2.75) is 39.7 Å². The predicted octanol–water partition coefficient (Wildman–Crippen LogP) is 5.17. The smallest absolute Gasteiger partial charge is 0.250 e. The van der Waals surface area contributed by atoms with Crippen LogP contribution in [0.3, 0.4) is 0 Å². The summed E-state index contributed by atoms with van der Waals surface area (Å²) in [6, 6.07) is 14.4. The van der Waals surface area contributed by atoms with E-state index < -0.39 is 6.10 Å².